The highest BCUT2D eigenvalue weighted by atomic mass is 16.3. The van der Waals surface area contributed by atoms with Crippen molar-refractivity contribution in [2.24, 2.45) is 0 Å². The zero-order valence-corrected chi connectivity index (χ0v) is 31.1. The predicted molar refractivity (Wildman–Crippen MR) is 236 cm³/mol. The van der Waals surface area contributed by atoms with Gasteiger partial charge in [0.2, 0.25) is 0 Å². The molecule has 2 heterocycles. The molecule has 0 fully saturated rings. The van der Waals surface area contributed by atoms with Crippen LogP contribution in [-0.4, -0.2) is 4.57 Å². The third kappa shape index (κ3) is 4.65. The van der Waals surface area contributed by atoms with Crippen LogP contribution in [0.1, 0.15) is 22.3 Å². The first-order valence-electron chi connectivity index (χ1n) is 19.7. The van der Waals surface area contributed by atoms with E-state index in [0.29, 0.717) is 0 Å². The minimum atomic E-state index is -0.587. The Bertz CT molecular complexity index is 3180. The van der Waals surface area contributed by atoms with Gasteiger partial charge in [0.25, 0.3) is 0 Å². The summed E-state index contributed by atoms with van der Waals surface area (Å²) < 4.78 is 9.07. The molecule has 2 heteroatoms. The topological polar surface area (TPSA) is 18.1 Å². The zero-order chi connectivity index (χ0) is 37.5. The normalized spacial score (nSPS) is 13.1. The second-order valence-corrected chi connectivity index (χ2v) is 15.2. The van der Waals surface area contributed by atoms with Crippen molar-refractivity contribution in [3.8, 4) is 39.1 Å². The van der Waals surface area contributed by atoms with Crippen LogP contribution >= 0.6 is 0 Å². The fraction of sp³-hybridized carbons (Fsp3) is 0.0182. The summed E-state index contributed by atoms with van der Waals surface area (Å²) in [4.78, 5) is 0. The molecule has 12 rings (SSSR count). The number of para-hydroxylation sites is 1. The summed E-state index contributed by atoms with van der Waals surface area (Å²) in [7, 11) is 0. The maximum Gasteiger partial charge on any atom is 0.135 e. The number of rotatable bonds is 5. The maximum atomic E-state index is 6.60. The highest BCUT2D eigenvalue weighted by molar-refractivity contribution is 6.12. The molecule has 0 unspecified atom stereocenters. The van der Waals surface area contributed by atoms with E-state index in [0.717, 1.165) is 27.6 Å². The van der Waals surface area contributed by atoms with Gasteiger partial charge >= 0.3 is 0 Å². The molecule has 0 spiro atoms. The number of hydrogen-bond acceptors (Lipinski definition) is 1. The third-order valence-electron chi connectivity index (χ3n) is 12.3. The van der Waals surface area contributed by atoms with E-state index in [-0.39, 0.29) is 0 Å². The van der Waals surface area contributed by atoms with E-state index in [4.69, 9.17) is 4.42 Å². The van der Waals surface area contributed by atoms with Crippen molar-refractivity contribution >= 4 is 43.7 Å². The lowest BCUT2D eigenvalue weighted by Gasteiger charge is -2.34. The average molecular weight is 726 g/mol. The SMILES string of the molecule is c1ccc(-c2ccc3c(c2)c2cc(-c4ccccc4)ccc2n3-c2ccc3c(c2)C(c2ccccc2)(c2ccccc2)c2cc4oc5ccccc5c4cc2-3)cc1. The Morgan fingerprint density at radius 3 is 1.46 bits per heavy atom. The minimum Gasteiger partial charge on any atom is -0.456 e. The zero-order valence-electron chi connectivity index (χ0n) is 31.1. The number of fused-ring (bicyclic) bond motifs is 9. The Labute approximate surface area is 330 Å². The molecule has 0 atom stereocenters. The van der Waals surface area contributed by atoms with E-state index in [1.54, 1.807) is 0 Å². The number of hydrogen-bond donors (Lipinski definition) is 0. The van der Waals surface area contributed by atoms with Crippen LogP contribution in [0.25, 0.3) is 82.8 Å². The van der Waals surface area contributed by atoms with Crippen LogP contribution in [0.15, 0.2) is 217 Å². The van der Waals surface area contributed by atoms with Gasteiger partial charge in [-0.05, 0) is 110 Å². The summed E-state index contributed by atoms with van der Waals surface area (Å²) in [5.41, 5.74) is 17.0. The first-order chi connectivity index (χ1) is 28.3. The molecular weight excluding hydrogens is 691 g/mol. The van der Waals surface area contributed by atoms with Crippen molar-refractivity contribution in [2.45, 2.75) is 5.41 Å². The van der Waals surface area contributed by atoms with Gasteiger partial charge in [-0.3, -0.25) is 0 Å². The molecule has 0 amide bonds. The molecule has 9 aromatic carbocycles. The molecule has 0 radical (unpaired) electrons. The van der Waals surface area contributed by atoms with Gasteiger partial charge in [-0.2, -0.15) is 0 Å². The van der Waals surface area contributed by atoms with Gasteiger partial charge < -0.3 is 8.98 Å². The fourth-order valence-corrected chi connectivity index (χ4v) is 9.75. The van der Waals surface area contributed by atoms with Gasteiger partial charge in [0.05, 0.1) is 16.4 Å². The summed E-state index contributed by atoms with van der Waals surface area (Å²) in [6.45, 7) is 0. The lowest BCUT2D eigenvalue weighted by molar-refractivity contribution is 0.666. The Hall–Kier alpha value is -7.42. The van der Waals surface area contributed by atoms with Crippen molar-refractivity contribution in [2.75, 3.05) is 0 Å². The Morgan fingerprint density at radius 1 is 0.333 bits per heavy atom. The van der Waals surface area contributed by atoms with E-state index in [2.05, 4.69) is 211 Å². The van der Waals surface area contributed by atoms with Crippen LogP contribution in [0.5, 0.6) is 0 Å². The van der Waals surface area contributed by atoms with Crippen LogP contribution in [0.2, 0.25) is 0 Å². The smallest absolute Gasteiger partial charge is 0.135 e. The number of nitrogens with zero attached hydrogens (tertiary/aromatic N) is 1. The molecule has 266 valence electrons. The molecule has 2 aromatic heterocycles. The molecule has 0 saturated heterocycles. The van der Waals surface area contributed by atoms with Gasteiger partial charge in [-0.25, -0.2) is 0 Å². The highest BCUT2D eigenvalue weighted by Gasteiger charge is 2.47. The Morgan fingerprint density at radius 2 is 0.860 bits per heavy atom. The van der Waals surface area contributed by atoms with E-state index in [1.807, 2.05) is 6.07 Å². The quantitative estimate of drug-likeness (QED) is 0.173. The standard InChI is InChI=1S/C55H35NO/c1-5-15-36(16-6-1)38-25-29-51-46(31-38)47-32-39(37-17-7-2-8-18-37)26-30-52(47)56(51)42-27-28-43-45-34-48-44-23-13-14-24-53(44)57-54(48)35-50(45)55(49(43)33-42,40-19-9-3-10-20-40)41-21-11-4-12-22-41/h1-35H. The molecule has 1 aliphatic carbocycles. The van der Waals surface area contributed by atoms with Crippen molar-refractivity contribution in [3.63, 3.8) is 0 Å². The lowest BCUT2D eigenvalue weighted by atomic mass is 9.67. The number of furan rings is 1. The molecule has 1 aliphatic rings. The van der Waals surface area contributed by atoms with Gasteiger partial charge in [0.1, 0.15) is 11.2 Å². The van der Waals surface area contributed by atoms with Gasteiger partial charge in [0, 0.05) is 27.2 Å². The highest BCUT2D eigenvalue weighted by Crippen LogP contribution is 2.58. The van der Waals surface area contributed by atoms with Gasteiger partial charge in [0.15, 0.2) is 0 Å². The Balaban J connectivity index is 1.17. The second kappa shape index (κ2) is 12.3. The molecule has 0 bridgehead atoms. The monoisotopic (exact) mass is 725 g/mol. The summed E-state index contributed by atoms with van der Waals surface area (Å²) >= 11 is 0. The van der Waals surface area contributed by atoms with Crippen LogP contribution < -0.4 is 0 Å². The van der Waals surface area contributed by atoms with Crippen LogP contribution in [0.4, 0.5) is 0 Å². The molecule has 57 heavy (non-hydrogen) atoms. The van der Waals surface area contributed by atoms with Gasteiger partial charge in [-0.1, -0.05) is 158 Å². The van der Waals surface area contributed by atoms with E-state index < -0.39 is 5.41 Å². The molecule has 0 N–H and O–H groups in total. The Kier molecular flexibility index (Phi) is 6.88. The van der Waals surface area contributed by atoms with Crippen molar-refractivity contribution < 1.29 is 4.42 Å². The summed E-state index contributed by atoms with van der Waals surface area (Å²) in [6.07, 6.45) is 0. The number of benzene rings is 9. The molecule has 2 nitrogen and oxygen atoms in total. The first kappa shape index (κ1) is 31.9. The lowest BCUT2D eigenvalue weighted by Crippen LogP contribution is -2.28. The predicted octanol–water partition coefficient (Wildman–Crippen LogP) is 14.4. The van der Waals surface area contributed by atoms with E-state index >= 15 is 0 Å². The summed E-state index contributed by atoms with van der Waals surface area (Å²) in [6, 6.07) is 77.6. The van der Waals surface area contributed by atoms with Crippen LogP contribution in [-0.2, 0) is 5.41 Å². The molecule has 0 saturated carbocycles. The third-order valence-corrected chi connectivity index (χ3v) is 12.3. The maximum absolute atomic E-state index is 6.60. The fourth-order valence-electron chi connectivity index (χ4n) is 9.75. The molecular formula is C55H35NO. The summed E-state index contributed by atoms with van der Waals surface area (Å²) in [5, 5.41) is 4.75. The molecule has 0 aliphatic heterocycles. The van der Waals surface area contributed by atoms with E-state index in [9.17, 15) is 0 Å². The van der Waals surface area contributed by atoms with Gasteiger partial charge in [-0.15, -0.1) is 0 Å². The average Bonchev–Trinajstić information content (AvgIpc) is 3.91. The molecule has 11 aromatic rings. The first-order valence-corrected chi connectivity index (χ1v) is 19.7. The largest absolute Gasteiger partial charge is 0.456 e. The van der Waals surface area contributed by atoms with Crippen molar-refractivity contribution in [1.82, 2.24) is 4.57 Å². The van der Waals surface area contributed by atoms with Crippen molar-refractivity contribution in [1.29, 1.82) is 0 Å². The van der Waals surface area contributed by atoms with Crippen LogP contribution in [0, 0.1) is 0 Å². The second-order valence-electron chi connectivity index (χ2n) is 15.2. The minimum absolute atomic E-state index is 0.587. The van der Waals surface area contributed by atoms with E-state index in [1.165, 1.54) is 77.4 Å². The van der Waals surface area contributed by atoms with Crippen LogP contribution in [0.3, 0.4) is 0 Å². The summed E-state index contributed by atoms with van der Waals surface area (Å²) in [5.74, 6) is 0. The number of aromatic nitrogens is 1. The van der Waals surface area contributed by atoms with Crippen molar-refractivity contribution in [3.05, 3.63) is 235 Å².